The summed E-state index contributed by atoms with van der Waals surface area (Å²) in [4.78, 5) is 0. The lowest BCUT2D eigenvalue weighted by Gasteiger charge is -2.16. The smallest absolute Gasteiger partial charge is 0.126 e. The molecule has 2 nitrogen and oxygen atoms in total. The number of aliphatic hydroxyl groups is 1. The van der Waals surface area contributed by atoms with Crippen LogP contribution in [0.5, 0.6) is 5.75 Å². The molecule has 0 fully saturated rings. The van der Waals surface area contributed by atoms with Gasteiger partial charge in [0.1, 0.15) is 11.9 Å². The van der Waals surface area contributed by atoms with Crippen molar-refractivity contribution in [2.24, 2.45) is 0 Å². The van der Waals surface area contributed by atoms with Crippen molar-refractivity contribution in [2.45, 2.75) is 6.10 Å². The van der Waals surface area contributed by atoms with Crippen LogP contribution in [0.4, 0.5) is 0 Å². The van der Waals surface area contributed by atoms with Crippen molar-refractivity contribution in [1.82, 2.24) is 0 Å². The Kier molecular flexibility index (Phi) is 4.12. The molecule has 0 aliphatic heterocycles. The van der Waals surface area contributed by atoms with E-state index in [9.17, 15) is 5.11 Å². The van der Waals surface area contributed by atoms with Gasteiger partial charge in [0, 0.05) is 10.6 Å². The molecule has 0 saturated heterocycles. The average Bonchev–Trinajstić information content (AvgIpc) is 2.38. The van der Waals surface area contributed by atoms with E-state index in [4.69, 9.17) is 27.9 Å². The summed E-state index contributed by atoms with van der Waals surface area (Å²) in [6, 6.07) is 12.2. The maximum Gasteiger partial charge on any atom is 0.126 e. The van der Waals surface area contributed by atoms with E-state index >= 15 is 0 Å². The molecule has 0 aromatic heterocycles. The monoisotopic (exact) mass is 282 g/mol. The van der Waals surface area contributed by atoms with E-state index in [1.165, 1.54) is 0 Å². The van der Waals surface area contributed by atoms with Crippen LogP contribution in [-0.2, 0) is 0 Å². The molecule has 0 heterocycles. The van der Waals surface area contributed by atoms with E-state index in [-0.39, 0.29) is 0 Å². The van der Waals surface area contributed by atoms with Crippen molar-refractivity contribution >= 4 is 23.2 Å². The molecule has 0 aliphatic rings. The average molecular weight is 283 g/mol. The fraction of sp³-hybridized carbons (Fsp3) is 0.143. The first-order valence-corrected chi connectivity index (χ1v) is 6.15. The third-order valence-corrected chi connectivity index (χ3v) is 3.27. The van der Waals surface area contributed by atoms with Crippen molar-refractivity contribution in [1.29, 1.82) is 0 Å². The predicted octanol–water partition coefficient (Wildman–Crippen LogP) is 4.08. The summed E-state index contributed by atoms with van der Waals surface area (Å²) < 4.78 is 5.22. The number of hydrogen-bond donors (Lipinski definition) is 1. The molecule has 2 aromatic carbocycles. The maximum atomic E-state index is 10.4. The maximum absolute atomic E-state index is 10.4. The Hall–Kier alpha value is -1.22. The van der Waals surface area contributed by atoms with Gasteiger partial charge in [-0.15, -0.1) is 0 Å². The molecule has 1 N–H and O–H groups in total. The highest BCUT2D eigenvalue weighted by Crippen LogP contribution is 2.35. The lowest BCUT2D eigenvalue weighted by Crippen LogP contribution is -2.03. The second-order valence-corrected chi connectivity index (χ2v) is 4.65. The molecule has 2 aromatic rings. The van der Waals surface area contributed by atoms with E-state index < -0.39 is 6.10 Å². The van der Waals surface area contributed by atoms with E-state index in [1.807, 2.05) is 0 Å². The number of methoxy groups -OCH3 is 1. The molecule has 0 aliphatic carbocycles. The number of ether oxygens (including phenoxy) is 1. The molecule has 0 radical (unpaired) electrons. The Morgan fingerprint density at radius 2 is 1.72 bits per heavy atom. The molecule has 18 heavy (non-hydrogen) atoms. The van der Waals surface area contributed by atoms with Crippen LogP contribution in [0.25, 0.3) is 0 Å². The van der Waals surface area contributed by atoms with Crippen molar-refractivity contribution < 1.29 is 9.84 Å². The predicted molar refractivity (Wildman–Crippen MR) is 73.5 cm³/mol. The molecule has 1 atom stereocenters. The first kappa shape index (κ1) is 13.2. The van der Waals surface area contributed by atoms with Gasteiger partial charge in [0.05, 0.1) is 12.1 Å². The second kappa shape index (κ2) is 5.61. The van der Waals surface area contributed by atoms with Crippen molar-refractivity contribution in [3.05, 3.63) is 63.6 Å². The Labute approximate surface area is 116 Å². The summed E-state index contributed by atoms with van der Waals surface area (Å²) in [5.41, 5.74) is 1.27. The minimum atomic E-state index is -0.842. The first-order chi connectivity index (χ1) is 8.63. The fourth-order valence-electron chi connectivity index (χ4n) is 1.77. The van der Waals surface area contributed by atoms with Crippen LogP contribution in [0.3, 0.4) is 0 Å². The third kappa shape index (κ3) is 2.61. The topological polar surface area (TPSA) is 29.5 Å². The number of rotatable bonds is 3. The van der Waals surface area contributed by atoms with E-state index in [1.54, 1.807) is 49.6 Å². The molecule has 0 bridgehead atoms. The summed E-state index contributed by atoms with van der Waals surface area (Å²) in [5.74, 6) is 0.560. The lowest BCUT2D eigenvalue weighted by atomic mass is 10.0. The molecular formula is C14H12Cl2O2. The standard InChI is InChI=1S/C14H12Cl2O2/c1-18-12-4-2-3-11(16)13(12)14(17)9-5-7-10(15)8-6-9/h2-8,14,17H,1H3. The van der Waals surface area contributed by atoms with Crippen LogP contribution in [0.15, 0.2) is 42.5 Å². The Balaban J connectivity index is 2.45. The number of halogens is 2. The molecule has 0 spiro atoms. The Bertz CT molecular complexity index is 538. The van der Waals surface area contributed by atoms with Crippen LogP contribution in [-0.4, -0.2) is 12.2 Å². The summed E-state index contributed by atoms with van der Waals surface area (Å²) in [6.07, 6.45) is -0.842. The highest BCUT2D eigenvalue weighted by molar-refractivity contribution is 6.31. The number of aliphatic hydroxyl groups excluding tert-OH is 1. The van der Waals surface area contributed by atoms with Gasteiger partial charge in [-0.25, -0.2) is 0 Å². The van der Waals surface area contributed by atoms with Crippen LogP contribution >= 0.6 is 23.2 Å². The van der Waals surface area contributed by atoms with Crippen LogP contribution in [0.1, 0.15) is 17.2 Å². The quantitative estimate of drug-likeness (QED) is 0.919. The van der Waals surface area contributed by atoms with Crippen LogP contribution < -0.4 is 4.74 Å². The SMILES string of the molecule is COc1cccc(Cl)c1C(O)c1ccc(Cl)cc1. The molecule has 94 valence electrons. The lowest BCUT2D eigenvalue weighted by molar-refractivity contribution is 0.215. The van der Waals surface area contributed by atoms with Gasteiger partial charge in [-0.2, -0.15) is 0 Å². The normalized spacial score (nSPS) is 12.2. The molecule has 2 rings (SSSR count). The van der Waals surface area contributed by atoms with E-state index in [2.05, 4.69) is 0 Å². The largest absolute Gasteiger partial charge is 0.496 e. The van der Waals surface area contributed by atoms with Crippen molar-refractivity contribution in [2.75, 3.05) is 7.11 Å². The zero-order chi connectivity index (χ0) is 13.1. The third-order valence-electron chi connectivity index (χ3n) is 2.69. The fourth-order valence-corrected chi connectivity index (χ4v) is 2.17. The summed E-state index contributed by atoms with van der Waals surface area (Å²) >= 11 is 11.9. The number of hydrogen-bond acceptors (Lipinski definition) is 2. The molecular weight excluding hydrogens is 271 g/mol. The van der Waals surface area contributed by atoms with Crippen LogP contribution in [0, 0.1) is 0 Å². The minimum Gasteiger partial charge on any atom is -0.496 e. The highest BCUT2D eigenvalue weighted by Gasteiger charge is 2.18. The van der Waals surface area contributed by atoms with Gasteiger partial charge in [0.2, 0.25) is 0 Å². The Morgan fingerprint density at radius 1 is 1.06 bits per heavy atom. The van der Waals surface area contributed by atoms with E-state index in [0.717, 1.165) is 0 Å². The summed E-state index contributed by atoms with van der Waals surface area (Å²) in [6.45, 7) is 0. The van der Waals surface area contributed by atoms with Gasteiger partial charge in [0.25, 0.3) is 0 Å². The van der Waals surface area contributed by atoms with Gasteiger partial charge >= 0.3 is 0 Å². The molecule has 0 saturated carbocycles. The van der Waals surface area contributed by atoms with Gasteiger partial charge in [-0.05, 0) is 29.8 Å². The zero-order valence-electron chi connectivity index (χ0n) is 9.73. The van der Waals surface area contributed by atoms with Crippen molar-refractivity contribution in [3.8, 4) is 5.75 Å². The summed E-state index contributed by atoms with van der Waals surface area (Å²) in [7, 11) is 1.55. The van der Waals surface area contributed by atoms with Gasteiger partial charge in [0.15, 0.2) is 0 Å². The second-order valence-electron chi connectivity index (χ2n) is 3.81. The Morgan fingerprint density at radius 3 is 2.33 bits per heavy atom. The zero-order valence-corrected chi connectivity index (χ0v) is 11.2. The minimum absolute atomic E-state index is 0.469. The molecule has 1 unspecified atom stereocenters. The van der Waals surface area contributed by atoms with Crippen molar-refractivity contribution in [3.63, 3.8) is 0 Å². The molecule has 0 amide bonds. The van der Waals surface area contributed by atoms with Gasteiger partial charge in [-0.3, -0.25) is 0 Å². The molecule has 4 heteroatoms. The van der Waals surface area contributed by atoms with Gasteiger partial charge < -0.3 is 9.84 Å². The first-order valence-electron chi connectivity index (χ1n) is 5.39. The van der Waals surface area contributed by atoms with Crippen LogP contribution in [0.2, 0.25) is 10.0 Å². The summed E-state index contributed by atoms with van der Waals surface area (Å²) in [5, 5.41) is 11.5. The van der Waals surface area contributed by atoms with E-state index in [0.29, 0.717) is 26.9 Å². The number of benzene rings is 2. The highest BCUT2D eigenvalue weighted by atomic mass is 35.5. The van der Waals surface area contributed by atoms with Gasteiger partial charge in [-0.1, -0.05) is 41.4 Å².